The molecule has 0 radical (unpaired) electrons. The molecule has 23 heavy (non-hydrogen) atoms. The van der Waals surface area contributed by atoms with Gasteiger partial charge in [0.25, 0.3) is 5.91 Å². The quantitative estimate of drug-likeness (QED) is 0.782. The summed E-state index contributed by atoms with van der Waals surface area (Å²) in [5.41, 5.74) is -0.0744. The molecule has 1 aromatic carbocycles. The number of imide groups is 1. The fourth-order valence-corrected chi connectivity index (χ4v) is 3.93. The van der Waals surface area contributed by atoms with Crippen molar-refractivity contribution in [2.75, 3.05) is 24.5 Å². The van der Waals surface area contributed by atoms with Gasteiger partial charge in [0.05, 0.1) is 6.04 Å². The van der Waals surface area contributed by atoms with Crippen molar-refractivity contribution in [3.63, 3.8) is 0 Å². The number of halogens is 2. The minimum absolute atomic E-state index is 0.0744. The number of amides is 3. The number of carbonyl (C=O) groups is 2. The van der Waals surface area contributed by atoms with Crippen molar-refractivity contribution < 1.29 is 18.4 Å². The first-order valence-corrected chi connectivity index (χ1v) is 7.90. The molecule has 0 aliphatic carbocycles. The van der Waals surface area contributed by atoms with E-state index in [2.05, 4.69) is 0 Å². The Morgan fingerprint density at radius 2 is 1.78 bits per heavy atom. The molecule has 3 fully saturated rings. The van der Waals surface area contributed by atoms with E-state index in [1.54, 1.807) is 9.80 Å². The second kappa shape index (κ2) is 5.18. The first kappa shape index (κ1) is 14.4. The van der Waals surface area contributed by atoms with Crippen LogP contribution in [0, 0.1) is 11.6 Å². The minimum Gasteiger partial charge on any atom is -0.365 e. The molecular weight excluding hydrogens is 304 g/mol. The van der Waals surface area contributed by atoms with Gasteiger partial charge in [-0.1, -0.05) is 6.07 Å². The highest BCUT2D eigenvalue weighted by Crippen LogP contribution is 2.33. The molecule has 0 spiro atoms. The number of carbonyl (C=O) groups excluding carboxylic acids is 2. The monoisotopic (exact) mass is 321 g/mol. The lowest BCUT2D eigenvalue weighted by Crippen LogP contribution is -2.43. The van der Waals surface area contributed by atoms with Gasteiger partial charge in [0.2, 0.25) is 0 Å². The number of hydrogen-bond donors (Lipinski definition) is 0. The summed E-state index contributed by atoms with van der Waals surface area (Å²) in [6.07, 6.45) is 2.10. The molecule has 7 heteroatoms. The van der Waals surface area contributed by atoms with Crippen molar-refractivity contribution in [1.29, 1.82) is 0 Å². The molecule has 5 nitrogen and oxygen atoms in total. The van der Waals surface area contributed by atoms with E-state index in [1.807, 2.05) is 0 Å². The van der Waals surface area contributed by atoms with Gasteiger partial charge < -0.3 is 9.80 Å². The van der Waals surface area contributed by atoms with E-state index in [0.717, 1.165) is 6.42 Å². The maximum Gasteiger partial charge on any atom is 0.327 e. The van der Waals surface area contributed by atoms with Crippen LogP contribution < -0.4 is 4.90 Å². The second-order valence-corrected chi connectivity index (χ2v) is 6.30. The summed E-state index contributed by atoms with van der Waals surface area (Å²) in [4.78, 5) is 29.4. The topological polar surface area (TPSA) is 43.9 Å². The summed E-state index contributed by atoms with van der Waals surface area (Å²) in [7, 11) is 0. The van der Waals surface area contributed by atoms with Gasteiger partial charge in [0.15, 0.2) is 0 Å². The Morgan fingerprint density at radius 1 is 1.04 bits per heavy atom. The van der Waals surface area contributed by atoms with Crippen LogP contribution in [0.25, 0.3) is 0 Å². The molecule has 3 aliphatic heterocycles. The number of urea groups is 1. The zero-order valence-electron chi connectivity index (χ0n) is 12.5. The fraction of sp³-hybridized carbons (Fsp3) is 0.500. The van der Waals surface area contributed by atoms with Gasteiger partial charge in [-0.25, -0.2) is 13.6 Å². The standard InChI is InChI=1S/C16H17F2N3O2/c17-11-3-1-4-12(18)14(11)19-8-6-10(9-19)21-15(22)13-5-2-7-20(13)16(21)23/h1,3-4,10,13H,2,5-9H2/t10-,13+/m1/s1. The number of anilines is 1. The molecular formula is C16H17F2N3O2. The highest BCUT2D eigenvalue weighted by atomic mass is 19.1. The van der Waals surface area contributed by atoms with Gasteiger partial charge in [0.1, 0.15) is 23.4 Å². The van der Waals surface area contributed by atoms with E-state index < -0.39 is 11.6 Å². The van der Waals surface area contributed by atoms with Crippen LogP contribution in [-0.2, 0) is 4.79 Å². The molecule has 0 aromatic heterocycles. The van der Waals surface area contributed by atoms with Crippen LogP contribution in [0.5, 0.6) is 0 Å². The third kappa shape index (κ3) is 2.09. The maximum atomic E-state index is 13.9. The summed E-state index contributed by atoms with van der Waals surface area (Å²) in [5, 5.41) is 0. The number of fused-ring (bicyclic) bond motifs is 1. The van der Waals surface area contributed by atoms with Crippen molar-refractivity contribution in [1.82, 2.24) is 9.80 Å². The van der Waals surface area contributed by atoms with Gasteiger partial charge in [-0.3, -0.25) is 9.69 Å². The van der Waals surface area contributed by atoms with Crippen molar-refractivity contribution in [3.8, 4) is 0 Å². The molecule has 0 N–H and O–H groups in total. The van der Waals surface area contributed by atoms with Crippen LogP contribution in [0.4, 0.5) is 19.3 Å². The van der Waals surface area contributed by atoms with Crippen LogP contribution >= 0.6 is 0 Å². The normalized spacial score (nSPS) is 27.3. The van der Waals surface area contributed by atoms with Crippen LogP contribution in [0.1, 0.15) is 19.3 Å². The molecule has 2 atom stereocenters. The lowest BCUT2D eigenvalue weighted by Gasteiger charge is -2.24. The minimum atomic E-state index is -0.620. The number of rotatable bonds is 2. The van der Waals surface area contributed by atoms with Crippen molar-refractivity contribution in [2.24, 2.45) is 0 Å². The van der Waals surface area contributed by atoms with Crippen molar-refractivity contribution in [3.05, 3.63) is 29.8 Å². The molecule has 122 valence electrons. The summed E-state index contributed by atoms with van der Waals surface area (Å²) in [6, 6.07) is 2.85. The van der Waals surface area contributed by atoms with Crippen LogP contribution in [0.15, 0.2) is 18.2 Å². The predicted octanol–water partition coefficient (Wildman–Crippen LogP) is 1.97. The number of hydrogen-bond acceptors (Lipinski definition) is 3. The van der Waals surface area contributed by atoms with Crippen LogP contribution in [0.2, 0.25) is 0 Å². The number of para-hydroxylation sites is 1. The van der Waals surface area contributed by atoms with Crippen molar-refractivity contribution in [2.45, 2.75) is 31.3 Å². The van der Waals surface area contributed by atoms with Gasteiger partial charge >= 0.3 is 6.03 Å². The molecule has 3 aliphatic rings. The molecule has 4 rings (SSSR count). The lowest BCUT2D eigenvalue weighted by atomic mass is 10.2. The van der Waals surface area contributed by atoms with E-state index in [9.17, 15) is 18.4 Å². The average Bonchev–Trinajstić information content (AvgIpc) is 3.19. The van der Waals surface area contributed by atoms with Gasteiger partial charge in [0, 0.05) is 19.6 Å². The molecule has 1 aromatic rings. The first-order chi connectivity index (χ1) is 11.1. The van der Waals surface area contributed by atoms with Crippen LogP contribution in [-0.4, -0.2) is 53.5 Å². The zero-order valence-corrected chi connectivity index (χ0v) is 12.5. The molecule has 3 saturated heterocycles. The molecule has 0 bridgehead atoms. The van der Waals surface area contributed by atoms with E-state index in [4.69, 9.17) is 0 Å². The van der Waals surface area contributed by atoms with Crippen molar-refractivity contribution >= 4 is 17.6 Å². The maximum absolute atomic E-state index is 13.9. The van der Waals surface area contributed by atoms with E-state index in [-0.39, 0.29) is 36.3 Å². The average molecular weight is 321 g/mol. The summed E-state index contributed by atoms with van der Waals surface area (Å²) in [5.74, 6) is -1.40. The lowest BCUT2D eigenvalue weighted by molar-refractivity contribution is -0.129. The Labute approximate surface area is 132 Å². The fourth-order valence-electron chi connectivity index (χ4n) is 3.93. The van der Waals surface area contributed by atoms with E-state index in [1.165, 1.54) is 23.1 Å². The van der Waals surface area contributed by atoms with Gasteiger partial charge in [-0.05, 0) is 31.4 Å². The second-order valence-electron chi connectivity index (χ2n) is 6.30. The molecule has 0 saturated carbocycles. The zero-order chi connectivity index (χ0) is 16.1. The van der Waals surface area contributed by atoms with E-state index in [0.29, 0.717) is 25.9 Å². The molecule has 3 heterocycles. The van der Waals surface area contributed by atoms with Crippen LogP contribution in [0.3, 0.4) is 0 Å². The largest absolute Gasteiger partial charge is 0.365 e. The number of nitrogens with zero attached hydrogens (tertiary/aromatic N) is 3. The SMILES string of the molecule is O=C1[C@@H]2CCCN2C(=O)N1[C@@H]1CCN(c2c(F)cccc2F)C1. The third-order valence-electron chi connectivity index (χ3n) is 5.01. The first-order valence-electron chi connectivity index (χ1n) is 7.90. The highest BCUT2D eigenvalue weighted by Gasteiger charge is 2.50. The predicted molar refractivity (Wildman–Crippen MR) is 78.9 cm³/mol. The Kier molecular flexibility index (Phi) is 3.25. The third-order valence-corrected chi connectivity index (χ3v) is 5.01. The Morgan fingerprint density at radius 3 is 2.48 bits per heavy atom. The molecule has 0 unspecified atom stereocenters. The van der Waals surface area contributed by atoms with E-state index >= 15 is 0 Å². The summed E-state index contributed by atoms with van der Waals surface area (Å²) >= 11 is 0. The smallest absolute Gasteiger partial charge is 0.327 e. The van der Waals surface area contributed by atoms with Gasteiger partial charge in [-0.15, -0.1) is 0 Å². The highest BCUT2D eigenvalue weighted by molar-refractivity contribution is 6.05. The summed E-state index contributed by atoms with van der Waals surface area (Å²) < 4.78 is 27.8. The van der Waals surface area contributed by atoms with Gasteiger partial charge in [-0.2, -0.15) is 0 Å². The Hall–Kier alpha value is -2.18. The summed E-state index contributed by atoms with van der Waals surface area (Å²) in [6.45, 7) is 1.31. The number of benzene rings is 1. The molecule has 3 amide bonds. The Bertz CT molecular complexity index is 639. The Balaban J connectivity index is 1.55.